The molecule has 3 heterocycles. The second-order valence-electron chi connectivity index (χ2n) is 5.51. The molecular weight excluding hydrogens is 302 g/mol. The number of rotatable bonds is 4. The molecule has 0 aliphatic rings. The van der Waals surface area contributed by atoms with E-state index >= 15 is 0 Å². The summed E-state index contributed by atoms with van der Waals surface area (Å²) in [4.78, 5) is 12.6. The van der Waals surface area contributed by atoms with Crippen LogP contribution in [0.2, 0.25) is 0 Å². The molecule has 0 fully saturated rings. The van der Waals surface area contributed by atoms with Gasteiger partial charge in [0.15, 0.2) is 0 Å². The van der Waals surface area contributed by atoms with Crippen molar-refractivity contribution in [3.8, 4) is 11.3 Å². The first-order valence-electron chi connectivity index (χ1n) is 7.61. The van der Waals surface area contributed by atoms with E-state index in [0.29, 0.717) is 18.1 Å². The number of aryl methyl sites for hydroxylation is 1. The maximum atomic E-state index is 5.37. The van der Waals surface area contributed by atoms with Crippen molar-refractivity contribution in [1.29, 1.82) is 0 Å². The van der Waals surface area contributed by atoms with Crippen LogP contribution in [-0.2, 0) is 6.54 Å². The van der Waals surface area contributed by atoms with Gasteiger partial charge < -0.3 is 9.84 Å². The number of pyridine rings is 1. The van der Waals surface area contributed by atoms with Gasteiger partial charge in [-0.3, -0.25) is 4.98 Å². The third kappa shape index (κ3) is 2.69. The minimum absolute atomic E-state index is 0.467. The third-order valence-electron chi connectivity index (χ3n) is 3.78. The molecule has 24 heavy (non-hydrogen) atoms. The lowest BCUT2D eigenvalue weighted by molar-refractivity contribution is 0.451. The zero-order valence-electron chi connectivity index (χ0n) is 13.1. The van der Waals surface area contributed by atoms with E-state index in [1.807, 2.05) is 42.6 Å². The van der Waals surface area contributed by atoms with E-state index in [1.165, 1.54) is 11.9 Å². The predicted octanol–water partition coefficient (Wildman–Crippen LogP) is 3.60. The van der Waals surface area contributed by atoms with Crippen LogP contribution >= 0.6 is 0 Å². The highest BCUT2D eigenvalue weighted by molar-refractivity contribution is 5.97. The highest BCUT2D eigenvalue weighted by Gasteiger charge is 2.16. The molecule has 6 heteroatoms. The van der Waals surface area contributed by atoms with Crippen LogP contribution in [-0.4, -0.2) is 20.1 Å². The fraction of sp³-hybridized carbons (Fsp3) is 0.111. The SMILES string of the molecule is Cc1ccc(-c2noc3ncnc(NCc4cccnc4)c23)cc1. The fourth-order valence-corrected chi connectivity index (χ4v) is 2.52. The number of fused-ring (bicyclic) bond motifs is 1. The Balaban J connectivity index is 1.73. The standard InChI is InChI=1S/C18H15N5O/c1-12-4-6-14(7-5-12)16-15-17(21-11-22-18(15)24-23-16)20-10-13-3-2-8-19-9-13/h2-9,11H,10H2,1H3,(H,20,21,22). The quantitative estimate of drug-likeness (QED) is 0.619. The third-order valence-corrected chi connectivity index (χ3v) is 3.78. The molecule has 0 amide bonds. The Morgan fingerprint density at radius 3 is 2.75 bits per heavy atom. The van der Waals surface area contributed by atoms with Gasteiger partial charge in [0, 0.05) is 24.5 Å². The first kappa shape index (κ1) is 14.3. The summed E-state index contributed by atoms with van der Waals surface area (Å²) in [5.74, 6) is 0.695. The number of nitrogens with one attached hydrogen (secondary N) is 1. The molecule has 0 unspecified atom stereocenters. The van der Waals surface area contributed by atoms with Gasteiger partial charge in [0.1, 0.15) is 23.2 Å². The summed E-state index contributed by atoms with van der Waals surface area (Å²) in [6.45, 7) is 2.66. The molecule has 0 radical (unpaired) electrons. The van der Waals surface area contributed by atoms with Crippen molar-refractivity contribution < 1.29 is 4.52 Å². The molecule has 1 aromatic carbocycles. The minimum atomic E-state index is 0.467. The van der Waals surface area contributed by atoms with Crippen LogP contribution < -0.4 is 5.32 Å². The second-order valence-corrected chi connectivity index (χ2v) is 5.51. The summed E-state index contributed by atoms with van der Waals surface area (Å²) in [5.41, 5.74) is 4.43. The van der Waals surface area contributed by atoms with Gasteiger partial charge >= 0.3 is 0 Å². The summed E-state index contributed by atoms with van der Waals surface area (Å²) in [6, 6.07) is 12.0. The van der Waals surface area contributed by atoms with Crippen molar-refractivity contribution >= 4 is 16.9 Å². The predicted molar refractivity (Wildman–Crippen MR) is 91.3 cm³/mol. The summed E-state index contributed by atoms with van der Waals surface area (Å²) in [7, 11) is 0. The van der Waals surface area contributed by atoms with Crippen LogP contribution in [0.5, 0.6) is 0 Å². The van der Waals surface area contributed by atoms with Gasteiger partial charge in [-0.1, -0.05) is 41.1 Å². The molecule has 4 aromatic rings. The number of aromatic nitrogens is 4. The molecule has 0 aliphatic carbocycles. The van der Waals surface area contributed by atoms with Crippen LogP contribution in [0.3, 0.4) is 0 Å². The maximum absolute atomic E-state index is 5.37. The van der Waals surface area contributed by atoms with Crippen LogP contribution in [0, 0.1) is 6.92 Å². The lowest BCUT2D eigenvalue weighted by Crippen LogP contribution is -2.02. The van der Waals surface area contributed by atoms with E-state index in [2.05, 4.69) is 32.3 Å². The van der Waals surface area contributed by atoms with E-state index in [1.54, 1.807) is 6.20 Å². The van der Waals surface area contributed by atoms with Crippen molar-refractivity contribution in [2.75, 3.05) is 5.32 Å². The van der Waals surface area contributed by atoms with E-state index < -0.39 is 0 Å². The summed E-state index contributed by atoms with van der Waals surface area (Å²) >= 11 is 0. The van der Waals surface area contributed by atoms with Crippen LogP contribution in [0.1, 0.15) is 11.1 Å². The van der Waals surface area contributed by atoms with Crippen LogP contribution in [0.25, 0.3) is 22.4 Å². The van der Waals surface area contributed by atoms with Gasteiger partial charge in [-0.05, 0) is 18.6 Å². The van der Waals surface area contributed by atoms with Crippen molar-refractivity contribution in [3.63, 3.8) is 0 Å². The first-order valence-corrected chi connectivity index (χ1v) is 7.61. The molecule has 0 saturated carbocycles. The summed E-state index contributed by atoms with van der Waals surface area (Å²) < 4.78 is 5.37. The average Bonchev–Trinajstić information content (AvgIpc) is 3.06. The molecule has 0 saturated heterocycles. The Bertz CT molecular complexity index is 964. The largest absolute Gasteiger partial charge is 0.365 e. The number of hydrogen-bond acceptors (Lipinski definition) is 6. The van der Waals surface area contributed by atoms with Gasteiger partial charge in [-0.25, -0.2) is 4.98 Å². The lowest BCUT2D eigenvalue weighted by atomic mass is 10.1. The highest BCUT2D eigenvalue weighted by Crippen LogP contribution is 2.31. The molecule has 6 nitrogen and oxygen atoms in total. The Morgan fingerprint density at radius 1 is 1.08 bits per heavy atom. The molecule has 118 valence electrons. The summed E-state index contributed by atoms with van der Waals surface area (Å²) in [6.07, 6.45) is 5.04. The number of nitrogens with zero attached hydrogens (tertiary/aromatic N) is 4. The van der Waals surface area contributed by atoms with E-state index in [9.17, 15) is 0 Å². The van der Waals surface area contributed by atoms with Crippen LogP contribution in [0.15, 0.2) is 59.6 Å². The zero-order valence-corrected chi connectivity index (χ0v) is 13.1. The Hall–Kier alpha value is -3.28. The van der Waals surface area contributed by atoms with E-state index in [0.717, 1.165) is 22.2 Å². The van der Waals surface area contributed by atoms with Crippen molar-refractivity contribution in [2.45, 2.75) is 13.5 Å². The smallest absolute Gasteiger partial charge is 0.263 e. The van der Waals surface area contributed by atoms with Crippen LogP contribution in [0.4, 0.5) is 5.82 Å². The molecule has 3 aromatic heterocycles. The van der Waals surface area contributed by atoms with E-state index in [-0.39, 0.29) is 0 Å². The maximum Gasteiger partial charge on any atom is 0.263 e. The first-order chi connectivity index (χ1) is 11.8. The summed E-state index contributed by atoms with van der Waals surface area (Å²) in [5, 5.41) is 8.28. The molecular formula is C18H15N5O. The molecule has 0 bridgehead atoms. The Labute approximate surface area is 138 Å². The molecule has 0 atom stereocenters. The molecule has 0 spiro atoms. The Kier molecular flexibility index (Phi) is 3.63. The highest BCUT2D eigenvalue weighted by atomic mass is 16.5. The van der Waals surface area contributed by atoms with Gasteiger partial charge in [-0.15, -0.1) is 0 Å². The molecule has 1 N–H and O–H groups in total. The normalized spacial score (nSPS) is 10.9. The van der Waals surface area contributed by atoms with Crippen molar-refractivity contribution in [3.05, 3.63) is 66.2 Å². The topological polar surface area (TPSA) is 76.7 Å². The fourth-order valence-electron chi connectivity index (χ4n) is 2.52. The Morgan fingerprint density at radius 2 is 1.96 bits per heavy atom. The zero-order chi connectivity index (χ0) is 16.4. The number of benzene rings is 1. The minimum Gasteiger partial charge on any atom is -0.365 e. The van der Waals surface area contributed by atoms with Crippen molar-refractivity contribution in [1.82, 2.24) is 20.1 Å². The van der Waals surface area contributed by atoms with Gasteiger partial charge in [0.25, 0.3) is 5.71 Å². The molecule has 4 rings (SSSR count). The lowest BCUT2D eigenvalue weighted by Gasteiger charge is -2.06. The number of hydrogen-bond donors (Lipinski definition) is 1. The van der Waals surface area contributed by atoms with Gasteiger partial charge in [-0.2, -0.15) is 4.98 Å². The second kappa shape index (κ2) is 6.08. The monoisotopic (exact) mass is 317 g/mol. The van der Waals surface area contributed by atoms with Gasteiger partial charge in [0.2, 0.25) is 0 Å². The van der Waals surface area contributed by atoms with Gasteiger partial charge in [0.05, 0.1) is 0 Å². The number of anilines is 1. The van der Waals surface area contributed by atoms with E-state index in [4.69, 9.17) is 4.52 Å². The van der Waals surface area contributed by atoms with Crippen molar-refractivity contribution in [2.24, 2.45) is 0 Å². The molecule has 0 aliphatic heterocycles. The average molecular weight is 317 g/mol.